The van der Waals surface area contributed by atoms with Gasteiger partial charge in [0, 0.05) is 31.3 Å². The highest BCUT2D eigenvalue weighted by molar-refractivity contribution is 5.97. The van der Waals surface area contributed by atoms with Crippen molar-refractivity contribution in [3.8, 4) is 0 Å². The van der Waals surface area contributed by atoms with Crippen molar-refractivity contribution < 1.29 is 28.7 Å². The van der Waals surface area contributed by atoms with Crippen LogP contribution >= 0.6 is 0 Å². The molecule has 1 fully saturated rings. The highest BCUT2D eigenvalue weighted by Gasteiger charge is 2.27. The summed E-state index contributed by atoms with van der Waals surface area (Å²) in [6.07, 6.45) is 2.65. The zero-order valence-electron chi connectivity index (χ0n) is 12.1. The summed E-state index contributed by atoms with van der Waals surface area (Å²) in [4.78, 5) is 45.6. The standard InChI is InChI=1S/C14H15N3O6/c1-8-16-6-9(13(20)17-8)7-22-11(18)2-3-12(19)23-10-4-5-15-14(10)21/h2-3,6,10,16H,1,4-5,7H2,(H,15,21)(H,17,20)/b3-2+. The van der Waals surface area contributed by atoms with Gasteiger partial charge in [-0.15, -0.1) is 0 Å². The molecule has 3 N–H and O–H groups in total. The lowest BCUT2D eigenvalue weighted by Crippen LogP contribution is -2.36. The Kier molecular flexibility index (Phi) is 5.13. The van der Waals surface area contributed by atoms with Crippen LogP contribution in [0.25, 0.3) is 0 Å². The summed E-state index contributed by atoms with van der Waals surface area (Å²) in [5.74, 6) is -2.12. The Hall–Kier alpha value is -3.10. The fourth-order valence-electron chi connectivity index (χ4n) is 1.80. The number of hydrogen-bond donors (Lipinski definition) is 3. The summed E-state index contributed by atoms with van der Waals surface area (Å²) in [5.41, 5.74) is 0.198. The molecule has 1 saturated heterocycles. The van der Waals surface area contributed by atoms with Gasteiger partial charge in [0.15, 0.2) is 6.10 Å². The van der Waals surface area contributed by atoms with Crippen LogP contribution in [0.5, 0.6) is 0 Å². The third-order valence-electron chi connectivity index (χ3n) is 2.96. The lowest BCUT2D eigenvalue weighted by Gasteiger charge is -2.16. The van der Waals surface area contributed by atoms with Crippen LogP contribution in [0.3, 0.4) is 0 Å². The molecule has 0 aliphatic carbocycles. The Balaban J connectivity index is 1.75. The van der Waals surface area contributed by atoms with Crippen molar-refractivity contribution in [2.75, 3.05) is 13.2 Å². The molecule has 0 radical (unpaired) electrons. The van der Waals surface area contributed by atoms with Crippen LogP contribution in [0.2, 0.25) is 0 Å². The highest BCUT2D eigenvalue weighted by atomic mass is 16.5. The molecule has 2 aliphatic rings. The predicted molar refractivity (Wildman–Crippen MR) is 76.1 cm³/mol. The lowest BCUT2D eigenvalue weighted by atomic mass is 10.2. The van der Waals surface area contributed by atoms with Crippen molar-refractivity contribution in [1.29, 1.82) is 0 Å². The normalized spacial score (nSPS) is 20.4. The molecular weight excluding hydrogens is 306 g/mol. The van der Waals surface area contributed by atoms with Gasteiger partial charge >= 0.3 is 11.9 Å². The molecule has 0 aromatic rings. The van der Waals surface area contributed by atoms with Crippen molar-refractivity contribution in [2.24, 2.45) is 0 Å². The topological polar surface area (TPSA) is 123 Å². The van der Waals surface area contributed by atoms with E-state index in [4.69, 9.17) is 9.47 Å². The zero-order chi connectivity index (χ0) is 16.8. The van der Waals surface area contributed by atoms with Gasteiger partial charge in [-0.25, -0.2) is 9.59 Å². The second-order valence-corrected chi connectivity index (χ2v) is 4.69. The van der Waals surface area contributed by atoms with E-state index >= 15 is 0 Å². The Morgan fingerprint density at radius 3 is 2.70 bits per heavy atom. The second-order valence-electron chi connectivity index (χ2n) is 4.69. The average molecular weight is 321 g/mol. The molecule has 0 spiro atoms. The predicted octanol–water partition coefficient (Wildman–Crippen LogP) is -1.41. The van der Waals surface area contributed by atoms with E-state index in [1.54, 1.807) is 0 Å². The second kappa shape index (κ2) is 7.25. The Bertz CT molecular complexity index is 622. The monoisotopic (exact) mass is 321 g/mol. The minimum Gasteiger partial charge on any atom is -0.457 e. The van der Waals surface area contributed by atoms with E-state index in [0.29, 0.717) is 18.8 Å². The van der Waals surface area contributed by atoms with Crippen molar-refractivity contribution in [1.82, 2.24) is 16.0 Å². The molecule has 1 unspecified atom stereocenters. The highest BCUT2D eigenvalue weighted by Crippen LogP contribution is 2.06. The largest absolute Gasteiger partial charge is 0.457 e. The first-order chi connectivity index (χ1) is 11.0. The molecule has 2 rings (SSSR count). The molecule has 0 aromatic carbocycles. The van der Waals surface area contributed by atoms with Gasteiger partial charge in [0.1, 0.15) is 12.4 Å². The number of amides is 2. The van der Waals surface area contributed by atoms with Crippen molar-refractivity contribution in [2.45, 2.75) is 12.5 Å². The van der Waals surface area contributed by atoms with Crippen molar-refractivity contribution in [3.63, 3.8) is 0 Å². The minimum absolute atomic E-state index is 0.198. The van der Waals surface area contributed by atoms with Gasteiger partial charge in [0.05, 0.1) is 5.57 Å². The van der Waals surface area contributed by atoms with Gasteiger partial charge in [0.25, 0.3) is 11.8 Å². The first kappa shape index (κ1) is 16.3. The number of rotatable bonds is 5. The van der Waals surface area contributed by atoms with Crippen molar-refractivity contribution >= 4 is 23.8 Å². The van der Waals surface area contributed by atoms with Gasteiger partial charge < -0.3 is 25.4 Å². The number of carbonyl (C=O) groups is 4. The van der Waals surface area contributed by atoms with Crippen LogP contribution in [0.1, 0.15) is 6.42 Å². The van der Waals surface area contributed by atoms with Gasteiger partial charge in [-0.05, 0) is 0 Å². The third kappa shape index (κ3) is 4.70. The van der Waals surface area contributed by atoms with Crippen molar-refractivity contribution in [3.05, 3.63) is 36.3 Å². The van der Waals surface area contributed by atoms with Gasteiger partial charge in [-0.3, -0.25) is 9.59 Å². The molecular formula is C14H15N3O6. The SMILES string of the molecule is C=C1NC=C(COC(=O)/C=C/C(=O)OC2CCNC2=O)C(=O)N1. The summed E-state index contributed by atoms with van der Waals surface area (Å²) in [6.45, 7) is 3.68. The summed E-state index contributed by atoms with van der Waals surface area (Å²) >= 11 is 0. The van der Waals surface area contributed by atoms with Gasteiger partial charge in [0.2, 0.25) is 0 Å². The first-order valence-corrected chi connectivity index (χ1v) is 6.74. The fraction of sp³-hybridized carbons (Fsp3) is 0.286. The number of nitrogens with one attached hydrogen (secondary N) is 3. The minimum atomic E-state index is -0.835. The molecule has 23 heavy (non-hydrogen) atoms. The molecule has 2 amide bonds. The quantitative estimate of drug-likeness (QED) is 0.420. The average Bonchev–Trinajstić information content (AvgIpc) is 2.89. The maximum atomic E-state index is 11.5. The van der Waals surface area contributed by atoms with Crippen LogP contribution < -0.4 is 16.0 Å². The van der Waals surface area contributed by atoms with E-state index in [1.165, 1.54) is 6.20 Å². The third-order valence-corrected chi connectivity index (χ3v) is 2.96. The summed E-state index contributed by atoms with van der Waals surface area (Å²) in [7, 11) is 0. The molecule has 122 valence electrons. The number of ether oxygens (including phenoxy) is 2. The number of hydrogen-bond acceptors (Lipinski definition) is 7. The van der Waals surface area contributed by atoms with Gasteiger partial charge in [-0.1, -0.05) is 6.58 Å². The molecule has 2 aliphatic heterocycles. The van der Waals surface area contributed by atoms with E-state index in [9.17, 15) is 19.2 Å². The zero-order valence-corrected chi connectivity index (χ0v) is 12.1. The molecule has 9 nitrogen and oxygen atoms in total. The summed E-state index contributed by atoms with van der Waals surface area (Å²) in [6, 6.07) is 0. The van der Waals surface area contributed by atoms with E-state index in [2.05, 4.69) is 22.5 Å². The van der Waals surface area contributed by atoms with Gasteiger partial charge in [-0.2, -0.15) is 0 Å². The summed E-state index contributed by atoms with van der Waals surface area (Å²) in [5, 5.41) is 7.60. The number of esters is 2. The molecule has 0 aromatic heterocycles. The lowest BCUT2D eigenvalue weighted by molar-refractivity contribution is -0.149. The molecule has 9 heteroatoms. The van der Waals surface area contributed by atoms with Crippen LogP contribution in [0.15, 0.2) is 36.3 Å². The van der Waals surface area contributed by atoms with Crippen LogP contribution in [0, 0.1) is 0 Å². The summed E-state index contributed by atoms with van der Waals surface area (Å²) < 4.78 is 9.67. The van der Waals surface area contributed by atoms with E-state index in [0.717, 1.165) is 12.2 Å². The van der Waals surface area contributed by atoms with E-state index in [1.807, 2.05) is 0 Å². The first-order valence-electron chi connectivity index (χ1n) is 6.74. The molecule has 0 saturated carbocycles. The molecule has 2 heterocycles. The number of carbonyl (C=O) groups excluding carboxylic acids is 4. The maximum absolute atomic E-state index is 11.5. The molecule has 1 atom stereocenters. The maximum Gasteiger partial charge on any atom is 0.331 e. The van der Waals surface area contributed by atoms with E-state index < -0.39 is 23.9 Å². The Labute approximate surface area is 131 Å². The van der Waals surface area contributed by atoms with E-state index in [-0.39, 0.29) is 18.1 Å². The fourth-order valence-corrected chi connectivity index (χ4v) is 1.80. The Morgan fingerprint density at radius 2 is 2.04 bits per heavy atom. The van der Waals surface area contributed by atoms with Crippen LogP contribution in [0.4, 0.5) is 0 Å². The Morgan fingerprint density at radius 1 is 1.30 bits per heavy atom. The van der Waals surface area contributed by atoms with Crippen LogP contribution in [-0.4, -0.2) is 43.0 Å². The molecule has 0 bridgehead atoms. The van der Waals surface area contributed by atoms with Crippen LogP contribution in [-0.2, 0) is 28.7 Å². The smallest absolute Gasteiger partial charge is 0.331 e.